The van der Waals surface area contributed by atoms with E-state index in [1.165, 1.54) is 24.3 Å². The summed E-state index contributed by atoms with van der Waals surface area (Å²) >= 11 is 11.7. The van der Waals surface area contributed by atoms with E-state index in [1.54, 1.807) is 18.3 Å². The van der Waals surface area contributed by atoms with Crippen molar-refractivity contribution in [3.63, 3.8) is 0 Å². The number of aryl methyl sites for hydroxylation is 1. The third-order valence-corrected chi connectivity index (χ3v) is 4.78. The average molecular weight is 405 g/mol. The molecule has 0 saturated heterocycles. The van der Waals surface area contributed by atoms with E-state index in [0.29, 0.717) is 11.4 Å². The maximum Gasteiger partial charge on any atom is 0.337 e. The van der Waals surface area contributed by atoms with E-state index in [4.69, 9.17) is 23.2 Å². The van der Waals surface area contributed by atoms with Gasteiger partial charge in [0, 0.05) is 28.9 Å². The Balaban J connectivity index is 2.00. The second-order valence-electron chi connectivity index (χ2n) is 5.99. The summed E-state index contributed by atoms with van der Waals surface area (Å²) in [6, 6.07) is 11.0. The minimum Gasteiger partial charge on any atom is -0.478 e. The van der Waals surface area contributed by atoms with Crippen LogP contribution in [0.25, 0.3) is 5.69 Å². The van der Waals surface area contributed by atoms with Crippen LogP contribution in [0.1, 0.15) is 27.3 Å². The van der Waals surface area contributed by atoms with Crippen LogP contribution < -0.4 is 0 Å². The molecule has 1 aromatic heterocycles. The van der Waals surface area contributed by atoms with E-state index in [-0.39, 0.29) is 15.6 Å². The van der Waals surface area contributed by atoms with Crippen molar-refractivity contribution in [2.75, 3.05) is 0 Å². The molecule has 0 amide bonds. The number of carbonyl (C=O) groups is 1. The van der Waals surface area contributed by atoms with E-state index < -0.39 is 11.8 Å². The lowest BCUT2D eigenvalue weighted by molar-refractivity contribution is 0.0697. The van der Waals surface area contributed by atoms with Crippen LogP contribution >= 0.6 is 23.2 Å². The molecule has 0 saturated carbocycles. The summed E-state index contributed by atoms with van der Waals surface area (Å²) in [5.74, 6) is -1.58. The summed E-state index contributed by atoms with van der Waals surface area (Å²) in [6.07, 6.45) is 1.66. The monoisotopic (exact) mass is 404 g/mol. The highest BCUT2D eigenvalue weighted by atomic mass is 35.5. The number of rotatable bonds is 4. The Labute approximate surface area is 165 Å². The second-order valence-corrected chi connectivity index (χ2v) is 6.80. The van der Waals surface area contributed by atoms with Crippen molar-refractivity contribution < 1.29 is 14.3 Å². The van der Waals surface area contributed by atoms with Crippen LogP contribution in [0.15, 0.2) is 47.5 Å². The molecule has 0 radical (unpaired) electrons. The fourth-order valence-electron chi connectivity index (χ4n) is 2.84. The van der Waals surface area contributed by atoms with Gasteiger partial charge in [-0.05, 0) is 56.3 Å². The van der Waals surface area contributed by atoms with E-state index in [0.717, 1.165) is 17.0 Å². The molecule has 0 atom stereocenters. The Bertz CT molecular complexity index is 1070. The Morgan fingerprint density at radius 2 is 1.85 bits per heavy atom. The number of hydrogen-bond donors (Lipinski definition) is 1. The Morgan fingerprint density at radius 3 is 2.52 bits per heavy atom. The average Bonchev–Trinajstić information content (AvgIpc) is 2.90. The first-order valence-electron chi connectivity index (χ1n) is 7.99. The standard InChI is InChI=1S/C20H15Cl2FN2O2/c1-11-7-13(10-24-14-3-6-19(23)18(22)8-14)12(2)25(11)15-4-5-17(21)16(9-15)20(26)27/h3-10H,1-2H3,(H,26,27). The fraction of sp³-hybridized carbons (Fsp3) is 0.100. The van der Waals surface area contributed by atoms with Crippen molar-refractivity contribution in [1.82, 2.24) is 4.57 Å². The van der Waals surface area contributed by atoms with E-state index >= 15 is 0 Å². The molecule has 3 rings (SSSR count). The molecule has 3 aromatic rings. The normalized spacial score (nSPS) is 11.3. The summed E-state index contributed by atoms with van der Waals surface area (Å²) in [4.78, 5) is 15.7. The molecule has 0 bridgehead atoms. The summed E-state index contributed by atoms with van der Waals surface area (Å²) in [5.41, 5.74) is 3.90. The van der Waals surface area contributed by atoms with Crippen LogP contribution in [0.5, 0.6) is 0 Å². The van der Waals surface area contributed by atoms with Gasteiger partial charge in [0.2, 0.25) is 0 Å². The van der Waals surface area contributed by atoms with E-state index in [2.05, 4.69) is 4.99 Å². The molecule has 0 aliphatic heterocycles. The predicted octanol–water partition coefficient (Wildman–Crippen LogP) is 5.99. The largest absolute Gasteiger partial charge is 0.478 e. The zero-order valence-electron chi connectivity index (χ0n) is 14.5. The molecule has 0 aliphatic rings. The molecule has 27 heavy (non-hydrogen) atoms. The highest BCUT2D eigenvalue weighted by Gasteiger charge is 2.14. The fourth-order valence-corrected chi connectivity index (χ4v) is 3.21. The van der Waals surface area contributed by atoms with Crippen LogP contribution in [0.3, 0.4) is 0 Å². The van der Waals surface area contributed by atoms with Gasteiger partial charge in [0.05, 0.1) is 21.3 Å². The Hall–Kier alpha value is -2.63. The van der Waals surface area contributed by atoms with Crippen molar-refractivity contribution in [3.8, 4) is 5.69 Å². The maximum atomic E-state index is 13.2. The number of carboxylic acid groups (broad SMARTS) is 1. The van der Waals surface area contributed by atoms with Gasteiger partial charge in [0.15, 0.2) is 0 Å². The van der Waals surface area contributed by atoms with Gasteiger partial charge < -0.3 is 9.67 Å². The first kappa shape index (κ1) is 19.1. The van der Waals surface area contributed by atoms with Gasteiger partial charge in [-0.2, -0.15) is 0 Å². The SMILES string of the molecule is Cc1cc(C=Nc2ccc(F)c(Cl)c2)c(C)n1-c1ccc(Cl)c(C(=O)O)c1. The first-order valence-corrected chi connectivity index (χ1v) is 8.75. The van der Waals surface area contributed by atoms with Gasteiger partial charge in [-0.1, -0.05) is 23.2 Å². The topological polar surface area (TPSA) is 54.6 Å². The summed E-state index contributed by atoms with van der Waals surface area (Å²) < 4.78 is 15.2. The van der Waals surface area contributed by atoms with Gasteiger partial charge in [0.1, 0.15) is 5.82 Å². The molecule has 0 fully saturated rings. The minimum absolute atomic E-state index is 0.0116. The number of aromatic carboxylic acids is 1. The number of benzene rings is 2. The molecular weight excluding hydrogens is 390 g/mol. The van der Waals surface area contributed by atoms with Gasteiger partial charge in [-0.15, -0.1) is 0 Å². The van der Waals surface area contributed by atoms with E-state index in [1.807, 2.05) is 24.5 Å². The van der Waals surface area contributed by atoms with Crippen molar-refractivity contribution in [1.29, 1.82) is 0 Å². The summed E-state index contributed by atoms with van der Waals surface area (Å²) in [7, 11) is 0. The van der Waals surface area contributed by atoms with Crippen LogP contribution in [0.4, 0.5) is 10.1 Å². The maximum absolute atomic E-state index is 13.2. The highest BCUT2D eigenvalue weighted by molar-refractivity contribution is 6.33. The van der Waals surface area contributed by atoms with E-state index in [9.17, 15) is 14.3 Å². The van der Waals surface area contributed by atoms with Gasteiger partial charge in [0.25, 0.3) is 0 Å². The lowest BCUT2D eigenvalue weighted by Crippen LogP contribution is -2.03. The van der Waals surface area contributed by atoms with Crippen LogP contribution in [0.2, 0.25) is 10.0 Å². The van der Waals surface area contributed by atoms with Gasteiger partial charge in [-0.25, -0.2) is 9.18 Å². The van der Waals surface area contributed by atoms with Gasteiger partial charge >= 0.3 is 5.97 Å². The number of nitrogens with zero attached hydrogens (tertiary/aromatic N) is 2. The molecule has 0 aliphatic carbocycles. The predicted molar refractivity (Wildman–Crippen MR) is 106 cm³/mol. The molecule has 138 valence electrons. The Kier molecular flexibility index (Phi) is 5.35. The van der Waals surface area contributed by atoms with Crippen LogP contribution in [-0.4, -0.2) is 21.9 Å². The number of carboxylic acids is 1. The Morgan fingerprint density at radius 1 is 1.11 bits per heavy atom. The van der Waals surface area contributed by atoms with Gasteiger partial charge in [-0.3, -0.25) is 4.99 Å². The number of hydrogen-bond acceptors (Lipinski definition) is 2. The molecule has 0 unspecified atom stereocenters. The molecule has 2 aromatic carbocycles. The first-order chi connectivity index (χ1) is 12.8. The molecule has 1 heterocycles. The second kappa shape index (κ2) is 7.55. The molecular formula is C20H15Cl2FN2O2. The zero-order chi connectivity index (χ0) is 19.7. The molecule has 1 N–H and O–H groups in total. The van der Waals surface area contributed by atoms with Crippen molar-refractivity contribution in [2.24, 2.45) is 4.99 Å². The lowest BCUT2D eigenvalue weighted by atomic mass is 10.2. The number of halogens is 3. The highest BCUT2D eigenvalue weighted by Crippen LogP contribution is 2.26. The third kappa shape index (κ3) is 3.89. The lowest BCUT2D eigenvalue weighted by Gasteiger charge is -2.11. The third-order valence-electron chi connectivity index (χ3n) is 4.16. The summed E-state index contributed by atoms with van der Waals surface area (Å²) in [6.45, 7) is 3.81. The smallest absolute Gasteiger partial charge is 0.337 e. The van der Waals surface area contributed by atoms with Crippen molar-refractivity contribution in [2.45, 2.75) is 13.8 Å². The van der Waals surface area contributed by atoms with Crippen LogP contribution in [0, 0.1) is 19.7 Å². The summed E-state index contributed by atoms with van der Waals surface area (Å²) in [5, 5.41) is 9.48. The van der Waals surface area contributed by atoms with Crippen LogP contribution in [-0.2, 0) is 0 Å². The van der Waals surface area contributed by atoms with Crippen molar-refractivity contribution in [3.05, 3.63) is 80.8 Å². The number of aliphatic imine (C=N–C) groups is 1. The molecule has 4 nitrogen and oxygen atoms in total. The zero-order valence-corrected chi connectivity index (χ0v) is 16.0. The molecule has 7 heteroatoms. The number of aromatic nitrogens is 1. The minimum atomic E-state index is -1.08. The molecule has 0 spiro atoms. The quantitative estimate of drug-likeness (QED) is 0.542. The van der Waals surface area contributed by atoms with Crippen molar-refractivity contribution >= 4 is 41.1 Å².